The maximum absolute atomic E-state index is 11.8. The first-order chi connectivity index (χ1) is 11.6. The van der Waals surface area contributed by atoms with Crippen molar-refractivity contribution >= 4 is 11.8 Å². The smallest absolute Gasteiger partial charge is 0.250 e. The lowest BCUT2D eigenvalue weighted by Crippen LogP contribution is -2.28. The zero-order valence-corrected chi connectivity index (χ0v) is 13.1. The fourth-order valence-electron chi connectivity index (χ4n) is 2.15. The van der Waals surface area contributed by atoms with E-state index in [0.717, 1.165) is 0 Å². The lowest BCUT2D eigenvalue weighted by Gasteiger charge is -2.13. The van der Waals surface area contributed by atoms with Gasteiger partial charge in [-0.1, -0.05) is 60.0 Å². The SMILES string of the molecule is O=C(NCCCCNC(=O)c1ccccc1[O-])c1ccccc1[O-]. The highest BCUT2D eigenvalue weighted by molar-refractivity contribution is 5.97. The molecule has 2 aromatic carbocycles. The predicted molar refractivity (Wildman–Crippen MR) is 85.7 cm³/mol. The number of amides is 2. The first-order valence-electron chi connectivity index (χ1n) is 7.68. The Kier molecular flexibility index (Phi) is 6.19. The number of benzene rings is 2. The number of rotatable bonds is 7. The van der Waals surface area contributed by atoms with Crippen molar-refractivity contribution < 1.29 is 19.8 Å². The number of hydrogen-bond acceptors (Lipinski definition) is 4. The summed E-state index contributed by atoms with van der Waals surface area (Å²) in [4.78, 5) is 23.6. The summed E-state index contributed by atoms with van der Waals surface area (Å²) in [5.41, 5.74) is 0.246. The third-order valence-electron chi connectivity index (χ3n) is 3.44. The van der Waals surface area contributed by atoms with E-state index in [0.29, 0.717) is 25.9 Å². The maximum atomic E-state index is 11.8. The van der Waals surface area contributed by atoms with E-state index >= 15 is 0 Å². The molecule has 0 heterocycles. The van der Waals surface area contributed by atoms with E-state index in [2.05, 4.69) is 10.6 Å². The normalized spacial score (nSPS) is 10.2. The number of carbonyl (C=O) groups is 2. The van der Waals surface area contributed by atoms with Gasteiger partial charge in [-0.3, -0.25) is 9.59 Å². The minimum Gasteiger partial charge on any atom is -0.872 e. The Morgan fingerprint density at radius 3 is 1.46 bits per heavy atom. The molecule has 126 valence electrons. The molecule has 0 radical (unpaired) electrons. The Bertz CT molecular complexity index is 654. The van der Waals surface area contributed by atoms with Crippen LogP contribution in [0.3, 0.4) is 0 Å². The summed E-state index contributed by atoms with van der Waals surface area (Å²) in [6.45, 7) is 0.808. The summed E-state index contributed by atoms with van der Waals surface area (Å²) < 4.78 is 0. The predicted octanol–water partition coefficient (Wildman–Crippen LogP) is 0.774. The fourth-order valence-corrected chi connectivity index (χ4v) is 2.15. The molecule has 0 aliphatic heterocycles. The van der Waals surface area contributed by atoms with Gasteiger partial charge >= 0.3 is 0 Å². The molecule has 0 saturated carbocycles. The molecule has 6 nitrogen and oxygen atoms in total. The van der Waals surface area contributed by atoms with E-state index in [1.54, 1.807) is 24.3 Å². The van der Waals surface area contributed by atoms with Gasteiger partial charge in [0.15, 0.2) is 0 Å². The lowest BCUT2D eigenvalue weighted by molar-refractivity contribution is -0.269. The van der Waals surface area contributed by atoms with Crippen LogP contribution >= 0.6 is 0 Å². The molecule has 0 unspecified atom stereocenters. The van der Waals surface area contributed by atoms with Crippen LogP contribution < -0.4 is 20.8 Å². The standard InChI is InChI=1S/C18H20N2O4/c21-15-9-3-1-7-13(15)17(23)19-11-5-6-12-20-18(24)14-8-2-4-10-16(14)22/h1-4,7-10,21-22H,5-6,11-12H2,(H,19,23)(H,20,24)/p-2. The monoisotopic (exact) mass is 326 g/mol. The summed E-state index contributed by atoms with van der Waals surface area (Å²) in [7, 11) is 0. The van der Waals surface area contributed by atoms with E-state index in [9.17, 15) is 19.8 Å². The van der Waals surface area contributed by atoms with E-state index < -0.39 is 11.8 Å². The van der Waals surface area contributed by atoms with Crippen molar-refractivity contribution in [3.05, 3.63) is 59.7 Å². The Balaban J connectivity index is 1.65. The molecule has 2 aromatic rings. The molecule has 0 spiro atoms. The molecular weight excluding hydrogens is 308 g/mol. The van der Waals surface area contributed by atoms with Crippen molar-refractivity contribution in [2.45, 2.75) is 12.8 Å². The summed E-state index contributed by atoms with van der Waals surface area (Å²) in [5, 5.41) is 28.3. The number of unbranched alkanes of at least 4 members (excludes halogenated alkanes) is 1. The summed E-state index contributed by atoms with van der Waals surface area (Å²) in [6.07, 6.45) is 1.29. The van der Waals surface area contributed by atoms with Crippen molar-refractivity contribution in [2.75, 3.05) is 13.1 Å². The van der Waals surface area contributed by atoms with Gasteiger partial charge in [0.1, 0.15) is 0 Å². The quantitative estimate of drug-likeness (QED) is 0.733. The average Bonchev–Trinajstić information content (AvgIpc) is 2.58. The van der Waals surface area contributed by atoms with Gasteiger partial charge in [-0.2, -0.15) is 0 Å². The van der Waals surface area contributed by atoms with Gasteiger partial charge in [-0.15, -0.1) is 0 Å². The van der Waals surface area contributed by atoms with E-state index in [-0.39, 0.29) is 22.6 Å². The highest BCUT2D eigenvalue weighted by atomic mass is 16.3. The Hall–Kier alpha value is -3.02. The molecule has 0 aliphatic carbocycles. The van der Waals surface area contributed by atoms with Crippen molar-refractivity contribution in [2.24, 2.45) is 0 Å². The zero-order valence-electron chi connectivity index (χ0n) is 13.1. The number of hydrogen-bond donors (Lipinski definition) is 2. The third-order valence-corrected chi connectivity index (χ3v) is 3.44. The summed E-state index contributed by atoms with van der Waals surface area (Å²) in [6, 6.07) is 12.1. The van der Waals surface area contributed by atoms with Crippen LogP contribution in [0.25, 0.3) is 0 Å². The van der Waals surface area contributed by atoms with Crippen LogP contribution in [0.4, 0.5) is 0 Å². The molecule has 2 N–H and O–H groups in total. The van der Waals surface area contributed by atoms with Gasteiger partial charge in [-0.25, -0.2) is 0 Å². The highest BCUT2D eigenvalue weighted by Crippen LogP contribution is 2.12. The van der Waals surface area contributed by atoms with Crippen LogP contribution in [0.2, 0.25) is 0 Å². The van der Waals surface area contributed by atoms with Crippen molar-refractivity contribution in [3.8, 4) is 11.5 Å². The van der Waals surface area contributed by atoms with Gasteiger partial charge in [0.2, 0.25) is 0 Å². The van der Waals surface area contributed by atoms with Gasteiger partial charge in [0.05, 0.1) is 0 Å². The van der Waals surface area contributed by atoms with Gasteiger partial charge in [0.25, 0.3) is 11.8 Å². The van der Waals surface area contributed by atoms with Crippen LogP contribution in [0, 0.1) is 0 Å². The van der Waals surface area contributed by atoms with Crippen LogP contribution in [0.1, 0.15) is 33.6 Å². The third kappa shape index (κ3) is 4.74. The number of para-hydroxylation sites is 2. The molecule has 0 fully saturated rings. The molecule has 2 amide bonds. The number of nitrogens with one attached hydrogen (secondary N) is 2. The second-order valence-corrected chi connectivity index (χ2v) is 5.21. The first kappa shape index (κ1) is 17.3. The molecule has 0 aliphatic rings. The van der Waals surface area contributed by atoms with Gasteiger partial charge in [0, 0.05) is 24.2 Å². The Morgan fingerprint density at radius 2 is 1.08 bits per heavy atom. The molecular formula is C18H18N2O4-2. The molecule has 0 saturated heterocycles. The zero-order chi connectivity index (χ0) is 17.4. The summed E-state index contributed by atoms with van der Waals surface area (Å²) >= 11 is 0. The molecule has 24 heavy (non-hydrogen) atoms. The molecule has 2 rings (SSSR count). The van der Waals surface area contributed by atoms with E-state index in [1.807, 2.05) is 0 Å². The molecule has 0 bridgehead atoms. The minimum absolute atomic E-state index is 0.123. The maximum Gasteiger partial charge on any atom is 0.250 e. The molecule has 0 atom stereocenters. The highest BCUT2D eigenvalue weighted by Gasteiger charge is 2.06. The van der Waals surface area contributed by atoms with Crippen molar-refractivity contribution in [3.63, 3.8) is 0 Å². The van der Waals surface area contributed by atoms with Crippen LogP contribution in [-0.2, 0) is 0 Å². The van der Waals surface area contributed by atoms with Gasteiger partial charge < -0.3 is 20.8 Å². The largest absolute Gasteiger partial charge is 0.872 e. The van der Waals surface area contributed by atoms with Crippen molar-refractivity contribution in [1.82, 2.24) is 10.6 Å². The first-order valence-corrected chi connectivity index (χ1v) is 7.68. The van der Waals surface area contributed by atoms with Crippen molar-refractivity contribution in [1.29, 1.82) is 0 Å². The lowest BCUT2D eigenvalue weighted by atomic mass is 10.2. The topological polar surface area (TPSA) is 104 Å². The molecule has 6 heteroatoms. The van der Waals surface area contributed by atoms with Gasteiger partial charge in [-0.05, 0) is 12.8 Å². The molecule has 0 aromatic heterocycles. The Morgan fingerprint density at radius 1 is 0.708 bits per heavy atom. The Labute approximate surface area is 140 Å². The van der Waals surface area contributed by atoms with E-state index in [4.69, 9.17) is 0 Å². The van der Waals surface area contributed by atoms with Crippen LogP contribution in [0.15, 0.2) is 48.5 Å². The van der Waals surface area contributed by atoms with Crippen LogP contribution in [-0.4, -0.2) is 24.9 Å². The fraction of sp³-hybridized carbons (Fsp3) is 0.222. The van der Waals surface area contributed by atoms with Crippen LogP contribution in [0.5, 0.6) is 11.5 Å². The summed E-state index contributed by atoms with van der Waals surface area (Å²) in [5.74, 6) is -1.41. The second-order valence-electron chi connectivity index (χ2n) is 5.21. The van der Waals surface area contributed by atoms with E-state index in [1.165, 1.54) is 24.3 Å². The average molecular weight is 326 g/mol. The minimum atomic E-state index is -0.398. The number of carbonyl (C=O) groups excluding carboxylic acids is 2. The second kappa shape index (κ2) is 8.57.